The Bertz CT molecular complexity index is 730. The monoisotopic (exact) mass is 359 g/mol. The molecule has 3 rings (SSSR count). The fourth-order valence-corrected chi connectivity index (χ4v) is 3.29. The molecule has 132 valence electrons. The molecular weight excluding hydrogens is 338 g/mol. The van der Waals surface area contributed by atoms with Crippen molar-refractivity contribution in [3.05, 3.63) is 47.9 Å². The van der Waals surface area contributed by atoms with E-state index in [1.165, 1.54) is 0 Å². The van der Waals surface area contributed by atoms with Crippen LogP contribution in [0.15, 0.2) is 36.7 Å². The zero-order chi connectivity index (χ0) is 17.6. The second-order valence-corrected chi connectivity index (χ2v) is 6.64. The average molecular weight is 360 g/mol. The molecule has 1 amide bonds. The number of alkyl halides is 1. The van der Waals surface area contributed by atoms with Gasteiger partial charge in [0.05, 0.1) is 0 Å². The molecule has 0 atom stereocenters. The van der Waals surface area contributed by atoms with Crippen LogP contribution in [0.5, 0.6) is 11.6 Å². The Morgan fingerprint density at radius 1 is 1.28 bits per heavy atom. The van der Waals surface area contributed by atoms with Crippen LogP contribution in [0.2, 0.25) is 0 Å². The number of amides is 1. The van der Waals surface area contributed by atoms with E-state index in [2.05, 4.69) is 9.97 Å². The van der Waals surface area contributed by atoms with Gasteiger partial charge >= 0.3 is 0 Å². The van der Waals surface area contributed by atoms with Crippen LogP contribution < -0.4 is 4.74 Å². The SMILES string of the molecule is Cc1cccc(Oc2nccnc2C2CCN(C(=O)CCCl)CC2)c1. The molecular formula is C19H22ClN3O2. The average Bonchev–Trinajstić information content (AvgIpc) is 2.63. The quantitative estimate of drug-likeness (QED) is 0.759. The van der Waals surface area contributed by atoms with E-state index in [1.54, 1.807) is 12.4 Å². The Morgan fingerprint density at radius 3 is 2.76 bits per heavy atom. The first-order chi connectivity index (χ1) is 12.2. The van der Waals surface area contributed by atoms with Crippen molar-refractivity contribution in [2.24, 2.45) is 0 Å². The lowest BCUT2D eigenvalue weighted by Gasteiger charge is -2.32. The lowest BCUT2D eigenvalue weighted by molar-refractivity contribution is -0.131. The Morgan fingerprint density at radius 2 is 2.04 bits per heavy atom. The molecule has 0 spiro atoms. The van der Waals surface area contributed by atoms with Crippen molar-refractivity contribution in [1.82, 2.24) is 14.9 Å². The molecule has 2 heterocycles. The van der Waals surface area contributed by atoms with Gasteiger partial charge in [0.1, 0.15) is 11.4 Å². The molecule has 1 aromatic carbocycles. The minimum atomic E-state index is 0.129. The van der Waals surface area contributed by atoms with E-state index in [-0.39, 0.29) is 11.8 Å². The number of likely N-dealkylation sites (tertiary alicyclic amines) is 1. The number of piperidine rings is 1. The summed E-state index contributed by atoms with van der Waals surface area (Å²) in [7, 11) is 0. The van der Waals surface area contributed by atoms with Crippen molar-refractivity contribution in [3.63, 3.8) is 0 Å². The van der Waals surface area contributed by atoms with Gasteiger partial charge in [-0.2, -0.15) is 0 Å². The maximum Gasteiger partial charge on any atom is 0.241 e. The number of ether oxygens (including phenoxy) is 1. The number of carbonyl (C=O) groups is 1. The summed E-state index contributed by atoms with van der Waals surface area (Å²) in [4.78, 5) is 22.8. The first kappa shape index (κ1) is 17.7. The third-order valence-corrected chi connectivity index (χ3v) is 4.63. The number of rotatable bonds is 5. The van der Waals surface area contributed by atoms with E-state index in [0.29, 0.717) is 18.2 Å². The number of aryl methyl sites for hydroxylation is 1. The molecule has 0 radical (unpaired) electrons. The number of hydrogen-bond donors (Lipinski definition) is 0. The van der Waals surface area contributed by atoms with Gasteiger partial charge in [-0.15, -0.1) is 11.6 Å². The third-order valence-electron chi connectivity index (χ3n) is 4.44. The number of hydrogen-bond acceptors (Lipinski definition) is 4. The highest BCUT2D eigenvalue weighted by Crippen LogP contribution is 2.33. The van der Waals surface area contributed by atoms with Crippen LogP contribution in [0, 0.1) is 6.92 Å². The summed E-state index contributed by atoms with van der Waals surface area (Å²) in [5.41, 5.74) is 2.00. The molecule has 1 aliphatic rings. The lowest BCUT2D eigenvalue weighted by Crippen LogP contribution is -2.38. The van der Waals surface area contributed by atoms with Gasteiger partial charge < -0.3 is 9.64 Å². The van der Waals surface area contributed by atoms with E-state index >= 15 is 0 Å². The highest BCUT2D eigenvalue weighted by atomic mass is 35.5. The summed E-state index contributed by atoms with van der Waals surface area (Å²) in [6, 6.07) is 7.88. The highest BCUT2D eigenvalue weighted by Gasteiger charge is 2.27. The van der Waals surface area contributed by atoms with E-state index in [9.17, 15) is 4.79 Å². The maximum absolute atomic E-state index is 12.0. The van der Waals surface area contributed by atoms with Crippen LogP contribution in [0.1, 0.15) is 36.4 Å². The fraction of sp³-hybridized carbons (Fsp3) is 0.421. The molecule has 1 aromatic heterocycles. The normalized spacial score (nSPS) is 15.2. The van der Waals surface area contributed by atoms with Gasteiger partial charge in [-0.3, -0.25) is 9.78 Å². The lowest BCUT2D eigenvalue weighted by atomic mass is 9.93. The van der Waals surface area contributed by atoms with E-state index in [4.69, 9.17) is 16.3 Å². The topological polar surface area (TPSA) is 55.3 Å². The van der Waals surface area contributed by atoms with E-state index < -0.39 is 0 Å². The molecule has 1 fully saturated rings. The van der Waals surface area contributed by atoms with Crippen LogP contribution in [0.3, 0.4) is 0 Å². The molecule has 25 heavy (non-hydrogen) atoms. The van der Waals surface area contributed by atoms with Crippen molar-refractivity contribution in [2.75, 3.05) is 19.0 Å². The molecule has 5 nitrogen and oxygen atoms in total. The summed E-state index contributed by atoms with van der Waals surface area (Å²) >= 11 is 5.67. The molecule has 1 aliphatic heterocycles. The van der Waals surface area contributed by atoms with Gasteiger partial charge in [-0.05, 0) is 37.5 Å². The number of carbonyl (C=O) groups excluding carboxylic acids is 1. The Labute approximate surface area is 153 Å². The Kier molecular flexibility index (Phi) is 5.87. The Balaban J connectivity index is 1.70. The van der Waals surface area contributed by atoms with Crippen molar-refractivity contribution in [2.45, 2.75) is 32.1 Å². The summed E-state index contributed by atoms with van der Waals surface area (Å²) in [6.07, 6.45) is 5.46. The summed E-state index contributed by atoms with van der Waals surface area (Å²) in [5, 5.41) is 0. The first-order valence-electron chi connectivity index (χ1n) is 8.56. The van der Waals surface area contributed by atoms with Gasteiger partial charge in [-0.25, -0.2) is 4.98 Å². The van der Waals surface area contributed by atoms with Crippen LogP contribution in [-0.2, 0) is 4.79 Å². The number of aromatic nitrogens is 2. The molecule has 0 unspecified atom stereocenters. The minimum absolute atomic E-state index is 0.129. The number of nitrogens with zero attached hydrogens (tertiary/aromatic N) is 3. The summed E-state index contributed by atoms with van der Waals surface area (Å²) in [6.45, 7) is 3.47. The largest absolute Gasteiger partial charge is 0.437 e. The van der Waals surface area contributed by atoms with E-state index in [1.807, 2.05) is 36.1 Å². The van der Waals surface area contributed by atoms with Crippen LogP contribution in [0.4, 0.5) is 0 Å². The van der Waals surface area contributed by atoms with Gasteiger partial charge in [0.25, 0.3) is 0 Å². The van der Waals surface area contributed by atoms with Crippen molar-refractivity contribution in [3.8, 4) is 11.6 Å². The standard InChI is InChI=1S/C19H22ClN3O2/c1-14-3-2-4-16(13-14)25-19-18(21-9-10-22-19)15-6-11-23(12-7-15)17(24)5-8-20/h2-4,9-10,13,15H,5-8,11-12H2,1H3. The zero-order valence-corrected chi connectivity index (χ0v) is 15.1. The van der Waals surface area contributed by atoms with Gasteiger partial charge in [0.15, 0.2) is 0 Å². The van der Waals surface area contributed by atoms with E-state index in [0.717, 1.165) is 42.9 Å². The predicted octanol–water partition coefficient (Wildman–Crippen LogP) is 3.91. The van der Waals surface area contributed by atoms with Crippen LogP contribution >= 0.6 is 11.6 Å². The summed E-state index contributed by atoms with van der Waals surface area (Å²) < 4.78 is 5.98. The number of benzene rings is 1. The molecule has 0 aliphatic carbocycles. The van der Waals surface area contributed by atoms with Crippen molar-refractivity contribution < 1.29 is 9.53 Å². The molecule has 0 N–H and O–H groups in total. The second kappa shape index (κ2) is 8.30. The van der Waals surface area contributed by atoms with Gasteiger partial charge in [0.2, 0.25) is 11.8 Å². The van der Waals surface area contributed by atoms with Crippen molar-refractivity contribution in [1.29, 1.82) is 0 Å². The van der Waals surface area contributed by atoms with Crippen LogP contribution in [0.25, 0.3) is 0 Å². The fourth-order valence-electron chi connectivity index (χ4n) is 3.13. The molecule has 0 bridgehead atoms. The van der Waals surface area contributed by atoms with Crippen molar-refractivity contribution >= 4 is 17.5 Å². The maximum atomic E-state index is 12.0. The molecule has 0 saturated carbocycles. The van der Waals surface area contributed by atoms with Crippen LogP contribution in [-0.4, -0.2) is 39.7 Å². The molecule has 2 aromatic rings. The second-order valence-electron chi connectivity index (χ2n) is 6.26. The Hall–Kier alpha value is -2.14. The first-order valence-corrected chi connectivity index (χ1v) is 9.10. The molecule has 1 saturated heterocycles. The van der Waals surface area contributed by atoms with Gasteiger partial charge in [-0.1, -0.05) is 12.1 Å². The van der Waals surface area contributed by atoms with Gasteiger partial charge in [0, 0.05) is 43.7 Å². The third kappa shape index (κ3) is 4.48. The smallest absolute Gasteiger partial charge is 0.241 e. The summed E-state index contributed by atoms with van der Waals surface area (Å²) in [5.74, 6) is 2.06. The zero-order valence-electron chi connectivity index (χ0n) is 14.3. The highest BCUT2D eigenvalue weighted by molar-refractivity contribution is 6.18. The molecule has 6 heteroatoms. The number of halogens is 1. The predicted molar refractivity (Wildman–Crippen MR) is 97.2 cm³/mol. The minimum Gasteiger partial charge on any atom is -0.437 e.